The maximum atomic E-state index is 12.4. The second-order valence-electron chi connectivity index (χ2n) is 8.21. The molecule has 1 N–H and O–H groups in total. The molecule has 144 valence electrons. The van der Waals surface area contributed by atoms with E-state index >= 15 is 0 Å². The lowest BCUT2D eigenvalue weighted by Crippen LogP contribution is -2.42. The van der Waals surface area contributed by atoms with Crippen molar-refractivity contribution in [2.45, 2.75) is 51.7 Å². The number of carbonyl (C=O) groups excluding carboxylic acids is 1. The van der Waals surface area contributed by atoms with E-state index in [4.69, 9.17) is 4.74 Å². The highest BCUT2D eigenvalue weighted by atomic mass is 16.6. The predicted molar refractivity (Wildman–Crippen MR) is 110 cm³/mol. The zero-order chi connectivity index (χ0) is 19.3. The van der Waals surface area contributed by atoms with Gasteiger partial charge in [0, 0.05) is 18.8 Å². The molecule has 0 spiro atoms. The minimum Gasteiger partial charge on any atom is -0.444 e. The van der Waals surface area contributed by atoms with Crippen LogP contribution in [-0.4, -0.2) is 35.7 Å². The Morgan fingerprint density at radius 3 is 2.41 bits per heavy atom. The quantitative estimate of drug-likeness (QED) is 0.801. The standard InChI is InChI=1S/C23H30N2O2/c1-23(2,3)27-22(26)25-15-7-10-21(25)17-24-20-13-11-19(12-14-20)16-18-8-5-4-6-9-18/h4-6,8-9,11-14,21,24H,7,10,15-17H2,1-3H3/t21-/m1/s1. The molecular weight excluding hydrogens is 336 g/mol. The third-order valence-corrected chi connectivity index (χ3v) is 4.75. The van der Waals surface area contributed by atoms with E-state index in [-0.39, 0.29) is 12.1 Å². The Labute approximate surface area is 162 Å². The minimum atomic E-state index is -0.452. The van der Waals surface area contributed by atoms with E-state index in [1.54, 1.807) is 0 Å². The Bertz CT molecular complexity index is 735. The van der Waals surface area contributed by atoms with E-state index in [1.165, 1.54) is 11.1 Å². The van der Waals surface area contributed by atoms with Crippen molar-refractivity contribution in [1.82, 2.24) is 4.90 Å². The van der Waals surface area contributed by atoms with E-state index in [0.29, 0.717) is 0 Å². The molecule has 27 heavy (non-hydrogen) atoms. The summed E-state index contributed by atoms with van der Waals surface area (Å²) in [5.41, 5.74) is 3.25. The van der Waals surface area contributed by atoms with Gasteiger partial charge >= 0.3 is 6.09 Å². The van der Waals surface area contributed by atoms with Gasteiger partial charge in [0.05, 0.1) is 6.04 Å². The Morgan fingerprint density at radius 1 is 1.07 bits per heavy atom. The van der Waals surface area contributed by atoms with Crippen molar-refractivity contribution in [3.8, 4) is 0 Å². The van der Waals surface area contributed by atoms with Gasteiger partial charge in [-0.2, -0.15) is 0 Å². The van der Waals surface area contributed by atoms with Gasteiger partial charge in [0.1, 0.15) is 5.60 Å². The average Bonchev–Trinajstić information content (AvgIpc) is 3.09. The smallest absolute Gasteiger partial charge is 0.410 e. The van der Waals surface area contributed by atoms with Crippen LogP contribution in [0.15, 0.2) is 54.6 Å². The van der Waals surface area contributed by atoms with Gasteiger partial charge in [-0.1, -0.05) is 42.5 Å². The Balaban J connectivity index is 1.52. The van der Waals surface area contributed by atoms with E-state index < -0.39 is 5.60 Å². The van der Waals surface area contributed by atoms with Crippen molar-refractivity contribution in [3.63, 3.8) is 0 Å². The molecule has 3 rings (SSSR count). The van der Waals surface area contributed by atoms with Crippen LogP contribution >= 0.6 is 0 Å². The molecule has 4 nitrogen and oxygen atoms in total. The van der Waals surface area contributed by atoms with Crippen LogP contribution in [0, 0.1) is 0 Å². The van der Waals surface area contributed by atoms with Gasteiger partial charge in [-0.3, -0.25) is 0 Å². The van der Waals surface area contributed by atoms with Crippen molar-refractivity contribution < 1.29 is 9.53 Å². The second kappa shape index (κ2) is 8.47. The van der Waals surface area contributed by atoms with Gasteiger partial charge in [-0.05, 0) is 63.3 Å². The molecule has 1 aliphatic heterocycles. The predicted octanol–water partition coefficient (Wildman–Crippen LogP) is 5.09. The zero-order valence-electron chi connectivity index (χ0n) is 16.6. The molecule has 1 atom stereocenters. The fraction of sp³-hybridized carbons (Fsp3) is 0.435. The minimum absolute atomic E-state index is 0.184. The largest absolute Gasteiger partial charge is 0.444 e. The number of likely N-dealkylation sites (tertiary alicyclic amines) is 1. The monoisotopic (exact) mass is 366 g/mol. The second-order valence-corrected chi connectivity index (χ2v) is 8.21. The summed E-state index contributed by atoms with van der Waals surface area (Å²) in [6.45, 7) is 7.25. The van der Waals surface area contributed by atoms with Gasteiger partial charge in [-0.15, -0.1) is 0 Å². The molecule has 4 heteroatoms. The Morgan fingerprint density at radius 2 is 1.74 bits per heavy atom. The number of benzene rings is 2. The first kappa shape index (κ1) is 19.3. The van der Waals surface area contributed by atoms with Gasteiger partial charge in [0.15, 0.2) is 0 Å². The number of amides is 1. The number of nitrogens with one attached hydrogen (secondary N) is 1. The first-order valence-corrected chi connectivity index (χ1v) is 9.77. The summed E-state index contributed by atoms with van der Waals surface area (Å²) < 4.78 is 5.54. The molecule has 0 aliphatic carbocycles. The molecule has 1 amide bonds. The van der Waals surface area contributed by atoms with Crippen molar-refractivity contribution >= 4 is 11.8 Å². The van der Waals surface area contributed by atoms with Crippen LogP contribution in [0.3, 0.4) is 0 Å². The van der Waals surface area contributed by atoms with E-state index in [2.05, 4.69) is 53.8 Å². The summed E-state index contributed by atoms with van der Waals surface area (Å²) in [5.74, 6) is 0. The average molecular weight is 367 g/mol. The van der Waals surface area contributed by atoms with Crippen molar-refractivity contribution in [2.24, 2.45) is 0 Å². The number of hydrogen-bond acceptors (Lipinski definition) is 3. The van der Waals surface area contributed by atoms with E-state index in [9.17, 15) is 4.79 Å². The lowest BCUT2D eigenvalue weighted by atomic mass is 10.0. The SMILES string of the molecule is CC(C)(C)OC(=O)N1CCC[C@@H]1CNc1ccc(Cc2ccccc2)cc1. The summed E-state index contributed by atoms with van der Waals surface area (Å²) in [6, 6.07) is 19.2. The van der Waals surface area contributed by atoms with Crippen molar-refractivity contribution in [1.29, 1.82) is 0 Å². The lowest BCUT2D eigenvalue weighted by molar-refractivity contribution is 0.0235. The Kier molecular flexibility index (Phi) is 6.04. The number of ether oxygens (including phenoxy) is 1. The number of carbonyl (C=O) groups is 1. The lowest BCUT2D eigenvalue weighted by Gasteiger charge is -2.29. The normalized spacial score (nSPS) is 17.0. The fourth-order valence-electron chi connectivity index (χ4n) is 3.42. The molecule has 1 aliphatic rings. The van der Waals surface area contributed by atoms with Gasteiger partial charge in [-0.25, -0.2) is 4.79 Å². The molecule has 0 bridgehead atoms. The van der Waals surface area contributed by atoms with Gasteiger partial charge in [0.25, 0.3) is 0 Å². The molecule has 1 heterocycles. The molecule has 2 aromatic rings. The molecule has 2 aromatic carbocycles. The van der Waals surface area contributed by atoms with Gasteiger partial charge in [0.2, 0.25) is 0 Å². The summed E-state index contributed by atoms with van der Waals surface area (Å²) >= 11 is 0. The summed E-state index contributed by atoms with van der Waals surface area (Å²) in [6.07, 6.45) is 2.78. The molecular formula is C23H30N2O2. The van der Waals surface area contributed by atoms with Crippen LogP contribution in [0.25, 0.3) is 0 Å². The van der Waals surface area contributed by atoms with Crippen LogP contribution in [0.4, 0.5) is 10.5 Å². The van der Waals surface area contributed by atoms with Crippen LogP contribution in [0.5, 0.6) is 0 Å². The highest BCUT2D eigenvalue weighted by molar-refractivity contribution is 5.69. The first-order valence-electron chi connectivity index (χ1n) is 9.77. The van der Waals surface area contributed by atoms with Crippen molar-refractivity contribution in [3.05, 3.63) is 65.7 Å². The van der Waals surface area contributed by atoms with E-state index in [1.807, 2.05) is 31.7 Å². The van der Waals surface area contributed by atoms with Crippen LogP contribution in [0.2, 0.25) is 0 Å². The fourth-order valence-corrected chi connectivity index (χ4v) is 3.42. The maximum Gasteiger partial charge on any atom is 0.410 e. The molecule has 0 radical (unpaired) electrons. The summed E-state index contributed by atoms with van der Waals surface area (Å²) in [4.78, 5) is 14.2. The zero-order valence-corrected chi connectivity index (χ0v) is 16.6. The van der Waals surface area contributed by atoms with Crippen LogP contribution < -0.4 is 5.32 Å². The molecule has 1 saturated heterocycles. The van der Waals surface area contributed by atoms with Gasteiger partial charge < -0.3 is 15.0 Å². The molecule has 0 unspecified atom stereocenters. The number of hydrogen-bond donors (Lipinski definition) is 1. The topological polar surface area (TPSA) is 41.6 Å². The number of anilines is 1. The molecule has 0 aromatic heterocycles. The van der Waals surface area contributed by atoms with E-state index in [0.717, 1.165) is 38.0 Å². The molecule has 0 saturated carbocycles. The molecule has 1 fully saturated rings. The highest BCUT2D eigenvalue weighted by Crippen LogP contribution is 2.22. The number of nitrogens with zero attached hydrogens (tertiary/aromatic N) is 1. The number of rotatable bonds is 5. The van der Waals surface area contributed by atoms with Crippen molar-refractivity contribution in [2.75, 3.05) is 18.4 Å². The third-order valence-electron chi connectivity index (χ3n) is 4.75. The highest BCUT2D eigenvalue weighted by Gasteiger charge is 2.31. The van der Waals surface area contributed by atoms with Crippen LogP contribution in [0.1, 0.15) is 44.7 Å². The maximum absolute atomic E-state index is 12.4. The first-order chi connectivity index (χ1) is 12.9. The summed E-state index contributed by atoms with van der Waals surface area (Å²) in [5, 5.41) is 3.48. The Hall–Kier alpha value is -2.49. The summed E-state index contributed by atoms with van der Waals surface area (Å²) in [7, 11) is 0. The van der Waals surface area contributed by atoms with Crippen LogP contribution in [-0.2, 0) is 11.2 Å². The third kappa shape index (κ3) is 5.75.